The highest BCUT2D eigenvalue weighted by atomic mass is 79.9. The van der Waals surface area contributed by atoms with Gasteiger partial charge in [0.25, 0.3) is 0 Å². The smallest absolute Gasteiger partial charge is 0.423 e. The minimum atomic E-state index is -1.50. The van der Waals surface area contributed by atoms with E-state index in [9.17, 15) is 10.0 Å². The Bertz CT molecular complexity index is 7300. The molecular formula is C124H103BBr4N2O2. The first-order valence-corrected chi connectivity index (χ1v) is 48.1. The van der Waals surface area contributed by atoms with Crippen molar-refractivity contribution in [2.75, 3.05) is 10.6 Å². The lowest BCUT2D eigenvalue weighted by Crippen LogP contribution is -2.31. The van der Waals surface area contributed by atoms with E-state index in [4.69, 9.17) is 5.73 Å². The monoisotopic (exact) mass is 1980 g/mol. The zero-order valence-corrected chi connectivity index (χ0v) is 81.7. The van der Waals surface area contributed by atoms with Crippen LogP contribution in [0.1, 0.15) is 74.9 Å². The highest BCUT2D eigenvalue weighted by Gasteiger charge is 2.25. The summed E-state index contributed by atoms with van der Waals surface area (Å²) in [6.45, 7) is 13.4. The van der Waals surface area contributed by atoms with E-state index < -0.39 is 7.12 Å². The van der Waals surface area contributed by atoms with Crippen molar-refractivity contribution >= 4 is 164 Å². The third-order valence-corrected chi connectivity index (χ3v) is 25.8. The third kappa shape index (κ3) is 22.7. The van der Waals surface area contributed by atoms with Crippen LogP contribution in [0.25, 0.3) is 120 Å². The van der Waals surface area contributed by atoms with Gasteiger partial charge in [-0.2, -0.15) is 0 Å². The summed E-state index contributed by atoms with van der Waals surface area (Å²) >= 11 is 14.2. The van der Waals surface area contributed by atoms with Crippen LogP contribution in [-0.2, 0) is 23.7 Å². The van der Waals surface area contributed by atoms with Gasteiger partial charge in [0.15, 0.2) is 0 Å². The molecule has 0 bridgehead atoms. The molecule has 4 N–H and O–H groups in total. The van der Waals surface area contributed by atoms with Gasteiger partial charge in [0.1, 0.15) is 0 Å². The second-order valence-electron chi connectivity index (χ2n) is 35.2. The van der Waals surface area contributed by atoms with Crippen LogP contribution in [0.5, 0.6) is 0 Å². The van der Waals surface area contributed by atoms with Crippen molar-refractivity contribution in [1.82, 2.24) is 0 Å². The summed E-state index contributed by atoms with van der Waals surface area (Å²) in [4.78, 5) is 2.35. The average molecular weight is 1980 g/mol. The molecule has 0 aliphatic rings. The highest BCUT2D eigenvalue weighted by molar-refractivity contribution is 9.11. The summed E-state index contributed by atoms with van der Waals surface area (Å²) < 4.78 is 4.46. The molecular weight excluding hydrogens is 1880 g/mol. The first-order valence-electron chi connectivity index (χ1n) is 45.0. The number of benzene rings is 21. The fraction of sp³-hybridized carbons (Fsp3) is 0.0806. The van der Waals surface area contributed by atoms with E-state index in [1.807, 2.05) is 103 Å². The zero-order chi connectivity index (χ0) is 92.4. The summed E-state index contributed by atoms with van der Waals surface area (Å²) in [7, 11) is -1.50. The van der Waals surface area contributed by atoms with Crippen LogP contribution in [0.4, 0.5) is 22.7 Å². The highest BCUT2D eigenvalue weighted by Crippen LogP contribution is 2.48. The van der Waals surface area contributed by atoms with Gasteiger partial charge in [-0.15, -0.1) is 0 Å². The van der Waals surface area contributed by atoms with Crippen molar-refractivity contribution in [3.8, 4) is 55.6 Å². The Morgan fingerprint density at radius 2 is 0.459 bits per heavy atom. The molecule has 0 saturated carbocycles. The van der Waals surface area contributed by atoms with E-state index in [1.165, 1.54) is 121 Å². The molecule has 21 aromatic rings. The molecule has 0 aliphatic carbocycles. The number of nitrogens with zero attached hydrogens (tertiary/aromatic N) is 1. The van der Waals surface area contributed by atoms with Crippen LogP contribution in [-0.4, -0.2) is 17.2 Å². The number of para-hydroxylation sites is 2. The Kier molecular flexibility index (Phi) is 30.3. The molecule has 21 rings (SSSR count). The number of fused-ring (bicyclic) bond motifs is 6. The maximum atomic E-state index is 9.94. The zero-order valence-electron chi connectivity index (χ0n) is 75.4. The van der Waals surface area contributed by atoms with Crippen molar-refractivity contribution in [2.45, 2.75) is 65.2 Å². The van der Waals surface area contributed by atoms with Gasteiger partial charge in [-0.1, -0.05) is 487 Å². The fourth-order valence-electron chi connectivity index (χ4n) is 17.5. The van der Waals surface area contributed by atoms with Crippen LogP contribution in [0, 0.1) is 0 Å². The van der Waals surface area contributed by atoms with Gasteiger partial charge < -0.3 is 20.7 Å². The van der Waals surface area contributed by atoms with Crippen molar-refractivity contribution < 1.29 is 10.0 Å². The van der Waals surface area contributed by atoms with Gasteiger partial charge in [-0.25, -0.2) is 0 Å². The summed E-state index contributed by atoms with van der Waals surface area (Å²) in [5.74, 6) is 0. The fourth-order valence-corrected chi connectivity index (χ4v) is 19.5. The van der Waals surface area contributed by atoms with Crippen molar-refractivity contribution in [3.05, 3.63) is 518 Å². The average Bonchev–Trinajstić information content (AvgIpc) is 0.744. The summed E-state index contributed by atoms with van der Waals surface area (Å²) in [5.41, 5.74) is 30.8. The van der Waals surface area contributed by atoms with Crippen LogP contribution >= 0.6 is 63.7 Å². The molecule has 0 heterocycles. The van der Waals surface area contributed by atoms with Gasteiger partial charge in [-0.05, 0) is 268 Å². The normalized spacial score (nSPS) is 11.1. The minimum absolute atomic E-state index is 0.0266. The van der Waals surface area contributed by atoms with Crippen molar-refractivity contribution in [2.24, 2.45) is 0 Å². The molecule has 0 amide bonds. The van der Waals surface area contributed by atoms with E-state index >= 15 is 0 Å². The van der Waals surface area contributed by atoms with E-state index in [-0.39, 0.29) is 10.8 Å². The predicted molar refractivity (Wildman–Crippen MR) is 586 cm³/mol. The van der Waals surface area contributed by atoms with E-state index in [0.29, 0.717) is 5.46 Å². The van der Waals surface area contributed by atoms with Gasteiger partial charge in [0.05, 0.1) is 0 Å². The van der Waals surface area contributed by atoms with Crippen LogP contribution in [0.3, 0.4) is 0 Å². The van der Waals surface area contributed by atoms with Gasteiger partial charge in [-0.3, -0.25) is 0 Å². The second kappa shape index (κ2) is 43.4. The Morgan fingerprint density at radius 3 is 0.759 bits per heavy atom. The first-order chi connectivity index (χ1) is 64.7. The standard InChI is InChI=1S/C42H34BrN.C33H24.C20H15BO2.C13H11Br.C10H12Br2.C6H7N/c1-42(2,3)31-26-32(43)28-35(27-31)44(33-16-8-5-9-17-33)34-24-22-30(23-25-34)41-38-20-12-10-18-36(38)40(29-14-6-4-7-15-29)37-19-11-13-21-39(37)41;1-3-11-24(12-4-1)23-25-19-21-27(22-20-25)33-30-17-9-7-15-28(30)32(26-13-5-2-6-14-26)29-16-8-10-18-31(29)33;22-21(23)20-17-12-6-4-10-15(17)19(14-8-2-1-3-9-14)16-11-5-7-13-18(16)20;14-13-8-6-12(7-9-13)10-11-4-2-1-3-5-11;1-10(2,3)7-4-8(11)6-9(12)5-7;7-6-4-2-1-3-5-6/h4-28H,1-3H3;1-22H,23H2;1-13,22-23H;1-9H,10H2;4-6H,1-3H3;1-5H,7H2. The van der Waals surface area contributed by atoms with Crippen LogP contribution < -0.4 is 16.1 Å². The molecule has 0 radical (unpaired) electrons. The van der Waals surface area contributed by atoms with E-state index in [0.717, 1.165) is 86.2 Å². The van der Waals surface area contributed by atoms with E-state index in [2.05, 4.69) is 474 Å². The lowest BCUT2D eigenvalue weighted by molar-refractivity contribution is 0.426. The van der Waals surface area contributed by atoms with Crippen molar-refractivity contribution in [1.29, 1.82) is 0 Å². The van der Waals surface area contributed by atoms with E-state index in [1.54, 1.807) is 0 Å². The van der Waals surface area contributed by atoms with Crippen LogP contribution in [0.2, 0.25) is 0 Å². The molecule has 133 heavy (non-hydrogen) atoms. The molecule has 0 unspecified atom stereocenters. The predicted octanol–water partition coefficient (Wildman–Crippen LogP) is 34.9. The molecule has 21 aromatic carbocycles. The largest absolute Gasteiger partial charge is 0.489 e. The summed E-state index contributed by atoms with van der Waals surface area (Å²) in [5, 5.41) is 33.9. The Labute approximate surface area is 816 Å². The van der Waals surface area contributed by atoms with Crippen molar-refractivity contribution in [3.63, 3.8) is 0 Å². The Hall–Kier alpha value is -13.3. The Morgan fingerprint density at radius 1 is 0.226 bits per heavy atom. The topological polar surface area (TPSA) is 69.7 Å². The molecule has 4 nitrogen and oxygen atoms in total. The first kappa shape index (κ1) is 92.9. The third-order valence-electron chi connectivity index (χ3n) is 23.9. The molecule has 0 atom stereocenters. The lowest BCUT2D eigenvalue weighted by Gasteiger charge is -2.28. The molecule has 0 saturated heterocycles. The quantitative estimate of drug-likeness (QED) is 0.0611. The second-order valence-corrected chi connectivity index (χ2v) is 38.8. The number of rotatable bonds is 13. The number of hydrogen-bond donors (Lipinski definition) is 3. The van der Waals surface area contributed by atoms with Gasteiger partial charge in [0.2, 0.25) is 0 Å². The molecule has 0 spiro atoms. The molecule has 652 valence electrons. The van der Waals surface area contributed by atoms with Gasteiger partial charge >= 0.3 is 7.12 Å². The SMILES string of the molecule is Brc1ccc(Cc2ccccc2)cc1.CC(C)(C)c1cc(Br)cc(Br)c1.CC(C)(C)c1cc(Br)cc(N(c2ccccc2)c2ccc(-c3c4ccccc4c(-c4ccccc4)c4ccccc34)cc2)c1.Nc1ccccc1.OB(O)c1c2ccccc2c(-c2ccccc2)c2ccccc12.c1ccc(Cc2ccc(-c3c4ccccc4c(-c4ccccc4)c4ccccc34)cc2)cc1. The number of hydrogen-bond acceptors (Lipinski definition) is 4. The van der Waals surface area contributed by atoms with Crippen LogP contribution in [0.15, 0.2) is 485 Å². The minimum Gasteiger partial charge on any atom is -0.423 e. The number of nitrogens with two attached hydrogens (primary N) is 1. The molecule has 9 heteroatoms. The lowest BCUT2D eigenvalue weighted by atomic mass is 9.72. The molecule has 0 aromatic heterocycles. The summed E-state index contributed by atoms with van der Waals surface area (Å²) in [6, 6.07) is 164. The number of halogens is 4. The summed E-state index contributed by atoms with van der Waals surface area (Å²) in [6.07, 6.45) is 1.96. The number of anilines is 4. The Balaban J connectivity index is 0.000000127. The van der Waals surface area contributed by atoms with Gasteiger partial charge in [0, 0.05) is 40.6 Å². The maximum Gasteiger partial charge on any atom is 0.489 e. The maximum absolute atomic E-state index is 9.94. The molecule has 0 aliphatic heterocycles. The number of nitrogen functional groups attached to an aromatic ring is 1. The molecule has 0 fully saturated rings.